The van der Waals surface area contributed by atoms with Gasteiger partial charge < -0.3 is 10.1 Å². The van der Waals surface area contributed by atoms with Gasteiger partial charge in [0, 0.05) is 12.2 Å². The number of amides is 1. The van der Waals surface area contributed by atoms with Crippen LogP contribution in [0.1, 0.15) is 13.8 Å². The highest BCUT2D eigenvalue weighted by atomic mass is 35.5. The van der Waals surface area contributed by atoms with Gasteiger partial charge in [-0.25, -0.2) is 12.8 Å². The molecular formula is C18H20ClFN2O4S. The fraction of sp³-hybridized carbons (Fsp3) is 0.278. The molecule has 0 aliphatic rings. The monoisotopic (exact) mass is 414 g/mol. The molecule has 0 unspecified atom stereocenters. The first kappa shape index (κ1) is 21.0. The second kappa shape index (κ2) is 9.05. The molecule has 0 aliphatic carbocycles. The number of benzene rings is 2. The molecular weight excluding hydrogens is 395 g/mol. The molecule has 0 fully saturated rings. The largest absolute Gasteiger partial charge is 0.482 e. The van der Waals surface area contributed by atoms with E-state index in [-0.39, 0.29) is 33.9 Å². The minimum atomic E-state index is -3.91. The van der Waals surface area contributed by atoms with Crippen LogP contribution < -0.4 is 14.8 Å². The van der Waals surface area contributed by atoms with Crippen LogP contribution in [0, 0.1) is 11.7 Å². The van der Waals surface area contributed by atoms with Crippen molar-refractivity contribution in [3.63, 3.8) is 0 Å². The lowest BCUT2D eigenvalue weighted by Gasteiger charge is -2.12. The lowest BCUT2D eigenvalue weighted by atomic mass is 10.2. The van der Waals surface area contributed by atoms with Crippen LogP contribution in [0.25, 0.3) is 0 Å². The summed E-state index contributed by atoms with van der Waals surface area (Å²) in [4.78, 5) is 11.6. The van der Waals surface area contributed by atoms with Gasteiger partial charge in [0.1, 0.15) is 11.6 Å². The van der Waals surface area contributed by atoms with E-state index in [0.29, 0.717) is 12.5 Å². The van der Waals surface area contributed by atoms with Crippen molar-refractivity contribution >= 4 is 33.2 Å². The van der Waals surface area contributed by atoms with Crippen molar-refractivity contribution in [1.82, 2.24) is 5.32 Å². The van der Waals surface area contributed by atoms with Gasteiger partial charge in [0.15, 0.2) is 6.61 Å². The number of ether oxygens (including phenoxy) is 1. The summed E-state index contributed by atoms with van der Waals surface area (Å²) in [7, 11) is -3.91. The lowest BCUT2D eigenvalue weighted by Crippen LogP contribution is -2.31. The standard InChI is InChI=1S/C18H20ClFN2O4S/c1-12(2)10-21-18(23)11-26-17-8-7-15(9-16(17)19)27(24,25)22-14-5-3-13(20)4-6-14/h3-9,12,22H,10-11H2,1-2H3,(H,21,23). The predicted molar refractivity (Wildman–Crippen MR) is 102 cm³/mol. The van der Waals surface area contributed by atoms with Gasteiger partial charge in [0.05, 0.1) is 9.92 Å². The Morgan fingerprint density at radius 3 is 2.44 bits per heavy atom. The molecule has 1 amide bonds. The smallest absolute Gasteiger partial charge is 0.261 e. The van der Waals surface area contributed by atoms with Gasteiger partial charge in [0.25, 0.3) is 15.9 Å². The Morgan fingerprint density at radius 1 is 1.19 bits per heavy atom. The summed E-state index contributed by atoms with van der Waals surface area (Å²) in [6, 6.07) is 8.80. The minimum absolute atomic E-state index is 0.0497. The molecule has 0 heterocycles. The Morgan fingerprint density at radius 2 is 1.85 bits per heavy atom. The van der Waals surface area contributed by atoms with Crippen molar-refractivity contribution in [2.75, 3.05) is 17.9 Å². The van der Waals surface area contributed by atoms with Crippen molar-refractivity contribution in [3.05, 3.63) is 53.3 Å². The van der Waals surface area contributed by atoms with E-state index in [1.807, 2.05) is 13.8 Å². The fourth-order valence-corrected chi connectivity index (χ4v) is 3.39. The van der Waals surface area contributed by atoms with Gasteiger partial charge in [-0.3, -0.25) is 9.52 Å². The number of anilines is 1. The molecule has 146 valence electrons. The van der Waals surface area contributed by atoms with Gasteiger partial charge in [-0.2, -0.15) is 0 Å². The van der Waals surface area contributed by atoms with Gasteiger partial charge in [-0.1, -0.05) is 25.4 Å². The Kier molecular flexibility index (Phi) is 7.04. The number of carbonyl (C=O) groups excluding carboxylic acids is 1. The number of halogens is 2. The minimum Gasteiger partial charge on any atom is -0.482 e. The SMILES string of the molecule is CC(C)CNC(=O)COc1ccc(S(=O)(=O)Nc2ccc(F)cc2)cc1Cl. The van der Waals surface area contributed by atoms with Crippen molar-refractivity contribution < 1.29 is 22.3 Å². The quantitative estimate of drug-likeness (QED) is 0.693. The maximum atomic E-state index is 12.9. The molecule has 2 rings (SSSR count). The summed E-state index contributed by atoms with van der Waals surface area (Å²) in [5.41, 5.74) is 0.217. The Labute approximate surface area is 162 Å². The van der Waals surface area contributed by atoms with E-state index < -0.39 is 15.8 Å². The summed E-state index contributed by atoms with van der Waals surface area (Å²) in [6.45, 7) is 4.24. The van der Waals surface area contributed by atoms with Crippen molar-refractivity contribution in [3.8, 4) is 5.75 Å². The van der Waals surface area contributed by atoms with E-state index in [9.17, 15) is 17.6 Å². The number of sulfonamides is 1. The normalized spacial score (nSPS) is 11.3. The summed E-state index contributed by atoms with van der Waals surface area (Å²) >= 11 is 6.07. The van der Waals surface area contributed by atoms with Gasteiger partial charge in [-0.05, 0) is 48.4 Å². The van der Waals surface area contributed by atoms with Crippen LogP contribution in [-0.4, -0.2) is 27.5 Å². The van der Waals surface area contributed by atoms with E-state index in [0.717, 1.165) is 12.1 Å². The van der Waals surface area contributed by atoms with E-state index in [2.05, 4.69) is 10.0 Å². The van der Waals surface area contributed by atoms with Crippen LogP contribution in [0.15, 0.2) is 47.4 Å². The van der Waals surface area contributed by atoms with E-state index >= 15 is 0 Å². The van der Waals surface area contributed by atoms with Gasteiger partial charge in [0.2, 0.25) is 0 Å². The van der Waals surface area contributed by atoms with E-state index in [1.165, 1.54) is 30.3 Å². The Bertz CT molecular complexity index is 902. The summed E-state index contributed by atoms with van der Waals surface area (Å²) in [6.07, 6.45) is 0. The van der Waals surface area contributed by atoms with Gasteiger partial charge in [-0.15, -0.1) is 0 Å². The lowest BCUT2D eigenvalue weighted by molar-refractivity contribution is -0.123. The Balaban J connectivity index is 2.04. The molecule has 9 heteroatoms. The van der Waals surface area contributed by atoms with Crippen LogP contribution in [0.3, 0.4) is 0 Å². The van der Waals surface area contributed by atoms with E-state index in [1.54, 1.807) is 0 Å². The molecule has 2 N–H and O–H groups in total. The topological polar surface area (TPSA) is 84.5 Å². The van der Waals surface area contributed by atoms with Crippen LogP contribution in [0.4, 0.5) is 10.1 Å². The van der Waals surface area contributed by atoms with Crippen LogP contribution in [0.5, 0.6) is 5.75 Å². The third-order valence-electron chi connectivity index (χ3n) is 3.38. The molecule has 0 aromatic heterocycles. The average molecular weight is 415 g/mol. The molecule has 0 spiro atoms. The van der Waals surface area contributed by atoms with Crippen molar-refractivity contribution in [2.45, 2.75) is 18.7 Å². The van der Waals surface area contributed by atoms with Crippen molar-refractivity contribution in [1.29, 1.82) is 0 Å². The first-order valence-electron chi connectivity index (χ1n) is 8.15. The third kappa shape index (κ3) is 6.41. The number of carbonyl (C=O) groups is 1. The summed E-state index contributed by atoms with van der Waals surface area (Å²) < 4.78 is 45.4. The number of hydrogen-bond acceptors (Lipinski definition) is 4. The summed E-state index contributed by atoms with van der Waals surface area (Å²) in [5.74, 6) is -0.262. The number of rotatable bonds is 8. The highest BCUT2D eigenvalue weighted by Crippen LogP contribution is 2.28. The first-order chi connectivity index (χ1) is 12.7. The molecule has 27 heavy (non-hydrogen) atoms. The van der Waals surface area contributed by atoms with Gasteiger partial charge >= 0.3 is 0 Å². The maximum absolute atomic E-state index is 12.9. The van der Waals surface area contributed by atoms with Crippen LogP contribution in [-0.2, 0) is 14.8 Å². The third-order valence-corrected chi connectivity index (χ3v) is 5.05. The number of nitrogens with one attached hydrogen (secondary N) is 2. The molecule has 0 aliphatic heterocycles. The molecule has 6 nitrogen and oxygen atoms in total. The average Bonchev–Trinajstić information content (AvgIpc) is 2.60. The maximum Gasteiger partial charge on any atom is 0.261 e. The second-order valence-electron chi connectivity index (χ2n) is 6.19. The molecule has 0 bridgehead atoms. The molecule has 0 atom stereocenters. The zero-order chi connectivity index (χ0) is 20.0. The highest BCUT2D eigenvalue weighted by Gasteiger charge is 2.17. The molecule has 0 saturated carbocycles. The molecule has 0 saturated heterocycles. The zero-order valence-corrected chi connectivity index (χ0v) is 16.4. The zero-order valence-electron chi connectivity index (χ0n) is 14.8. The fourth-order valence-electron chi connectivity index (χ4n) is 2.01. The predicted octanol–water partition coefficient (Wildman–Crippen LogP) is 3.43. The van der Waals surface area contributed by atoms with Crippen LogP contribution >= 0.6 is 11.6 Å². The number of hydrogen-bond donors (Lipinski definition) is 2. The second-order valence-corrected chi connectivity index (χ2v) is 8.28. The summed E-state index contributed by atoms with van der Waals surface area (Å²) in [5, 5.41) is 2.75. The molecule has 0 radical (unpaired) electrons. The molecule has 2 aromatic carbocycles. The van der Waals surface area contributed by atoms with Crippen molar-refractivity contribution in [2.24, 2.45) is 5.92 Å². The highest BCUT2D eigenvalue weighted by molar-refractivity contribution is 7.92. The first-order valence-corrected chi connectivity index (χ1v) is 10.0. The Hall–Kier alpha value is -2.32. The van der Waals surface area contributed by atoms with E-state index in [4.69, 9.17) is 16.3 Å². The van der Waals surface area contributed by atoms with Crippen LogP contribution in [0.2, 0.25) is 5.02 Å². The molecule has 2 aromatic rings.